The highest BCUT2D eigenvalue weighted by molar-refractivity contribution is 5.91. The Balaban J connectivity index is 1.64. The summed E-state index contributed by atoms with van der Waals surface area (Å²) < 4.78 is 12.0. The van der Waals surface area contributed by atoms with Crippen LogP contribution < -0.4 is 10.1 Å². The van der Waals surface area contributed by atoms with E-state index < -0.39 is 0 Å². The Kier molecular flexibility index (Phi) is 4.02. The van der Waals surface area contributed by atoms with Gasteiger partial charge in [-0.3, -0.25) is 10.1 Å². The fourth-order valence-corrected chi connectivity index (χ4v) is 2.78. The Hall–Kier alpha value is -3.00. The van der Waals surface area contributed by atoms with Crippen molar-refractivity contribution in [3.05, 3.63) is 36.5 Å². The van der Waals surface area contributed by atoms with Crippen LogP contribution in [0.15, 0.2) is 36.5 Å². The lowest BCUT2D eigenvalue weighted by atomic mass is 10.1. The van der Waals surface area contributed by atoms with E-state index in [2.05, 4.69) is 20.4 Å². The third kappa shape index (κ3) is 3.03. The Labute approximate surface area is 143 Å². The number of benzene rings is 1. The number of hydrogen-bond acceptors (Lipinski definition) is 6. The molecule has 8 heteroatoms. The Morgan fingerprint density at radius 1 is 1.32 bits per heavy atom. The van der Waals surface area contributed by atoms with Crippen LogP contribution in [0.2, 0.25) is 0 Å². The summed E-state index contributed by atoms with van der Waals surface area (Å²) >= 11 is 0. The second-order valence-corrected chi connectivity index (χ2v) is 5.76. The molecule has 3 heterocycles. The highest BCUT2D eigenvalue weighted by atomic mass is 16.5. The molecule has 0 bridgehead atoms. The van der Waals surface area contributed by atoms with Crippen molar-refractivity contribution in [3.63, 3.8) is 0 Å². The number of hydrogen-bond donors (Lipinski definition) is 1. The standard InChI is InChI=1S/C17H17N5O3/c1-24-13-4-2-11(3-5-13)14-6-8-18-17-20-16(21-22(14)17)19-15(23)12-7-9-25-10-12/h2-6,8,12H,7,9-10H2,1H3,(H,19,21,23). The van der Waals surface area contributed by atoms with E-state index in [4.69, 9.17) is 9.47 Å². The SMILES string of the molecule is COc1ccc(-c2ccnc3nc(NC(=O)C4CCOC4)nn23)cc1. The van der Waals surface area contributed by atoms with Gasteiger partial charge < -0.3 is 9.47 Å². The minimum absolute atomic E-state index is 0.126. The molecule has 25 heavy (non-hydrogen) atoms. The molecule has 1 saturated heterocycles. The quantitative estimate of drug-likeness (QED) is 0.779. The van der Waals surface area contributed by atoms with E-state index in [0.717, 1.165) is 17.0 Å². The summed E-state index contributed by atoms with van der Waals surface area (Å²) in [4.78, 5) is 20.7. The first-order chi connectivity index (χ1) is 12.2. The molecule has 2 aromatic heterocycles. The number of anilines is 1. The van der Waals surface area contributed by atoms with Gasteiger partial charge in [0.2, 0.25) is 5.91 Å². The molecule has 0 spiro atoms. The van der Waals surface area contributed by atoms with E-state index in [1.807, 2.05) is 30.3 Å². The van der Waals surface area contributed by atoms with Crippen molar-refractivity contribution in [2.45, 2.75) is 6.42 Å². The zero-order chi connectivity index (χ0) is 17.2. The van der Waals surface area contributed by atoms with Crippen LogP contribution in [-0.4, -0.2) is 45.8 Å². The van der Waals surface area contributed by atoms with Gasteiger partial charge in [0.1, 0.15) is 5.75 Å². The molecule has 4 rings (SSSR count). The summed E-state index contributed by atoms with van der Waals surface area (Å²) in [5.41, 5.74) is 1.77. The van der Waals surface area contributed by atoms with Gasteiger partial charge in [0.15, 0.2) is 0 Å². The van der Waals surface area contributed by atoms with Gasteiger partial charge in [-0.25, -0.2) is 4.98 Å². The highest BCUT2D eigenvalue weighted by Crippen LogP contribution is 2.23. The van der Waals surface area contributed by atoms with Crippen LogP contribution >= 0.6 is 0 Å². The molecule has 1 fully saturated rings. The summed E-state index contributed by atoms with van der Waals surface area (Å²) in [6.07, 6.45) is 2.38. The molecule has 128 valence electrons. The van der Waals surface area contributed by atoms with Crippen molar-refractivity contribution in [1.29, 1.82) is 0 Å². The monoisotopic (exact) mass is 339 g/mol. The number of carbonyl (C=O) groups excluding carboxylic acids is 1. The number of nitrogens with zero attached hydrogens (tertiary/aromatic N) is 4. The Morgan fingerprint density at radius 3 is 2.88 bits per heavy atom. The number of fused-ring (bicyclic) bond motifs is 1. The van der Waals surface area contributed by atoms with Crippen molar-refractivity contribution in [2.24, 2.45) is 5.92 Å². The maximum Gasteiger partial charge on any atom is 0.254 e. The Morgan fingerprint density at radius 2 is 2.16 bits per heavy atom. The van der Waals surface area contributed by atoms with Crippen molar-refractivity contribution in [3.8, 4) is 17.0 Å². The van der Waals surface area contributed by atoms with Gasteiger partial charge in [-0.1, -0.05) is 0 Å². The smallest absolute Gasteiger partial charge is 0.254 e. The normalized spacial score (nSPS) is 16.9. The van der Waals surface area contributed by atoms with Gasteiger partial charge >= 0.3 is 0 Å². The van der Waals surface area contributed by atoms with E-state index in [0.29, 0.717) is 25.4 Å². The van der Waals surface area contributed by atoms with Gasteiger partial charge in [-0.05, 0) is 36.8 Å². The average molecular weight is 339 g/mol. The lowest BCUT2D eigenvalue weighted by molar-refractivity contribution is -0.119. The Bertz CT molecular complexity index is 900. The molecular weight excluding hydrogens is 322 g/mol. The van der Waals surface area contributed by atoms with Crippen LogP contribution in [0.5, 0.6) is 5.75 Å². The number of ether oxygens (including phenoxy) is 2. The minimum Gasteiger partial charge on any atom is -0.497 e. The van der Waals surface area contributed by atoms with Gasteiger partial charge in [-0.15, -0.1) is 5.10 Å². The number of methoxy groups -OCH3 is 1. The summed E-state index contributed by atoms with van der Waals surface area (Å²) in [6, 6.07) is 9.47. The molecule has 0 saturated carbocycles. The lowest BCUT2D eigenvalue weighted by Gasteiger charge is -2.06. The molecule has 1 N–H and O–H groups in total. The van der Waals surface area contributed by atoms with Crippen LogP contribution in [-0.2, 0) is 9.53 Å². The summed E-state index contributed by atoms with van der Waals surface area (Å²) in [5, 5.41) is 7.13. The van der Waals surface area contributed by atoms with Crippen molar-refractivity contribution >= 4 is 17.6 Å². The van der Waals surface area contributed by atoms with Crippen LogP contribution in [0, 0.1) is 5.92 Å². The predicted octanol–water partition coefficient (Wildman–Crippen LogP) is 1.77. The van der Waals surface area contributed by atoms with Crippen LogP contribution in [0.1, 0.15) is 6.42 Å². The first-order valence-electron chi connectivity index (χ1n) is 7.99. The number of carbonyl (C=O) groups is 1. The van der Waals surface area contributed by atoms with Gasteiger partial charge in [0.05, 0.1) is 25.3 Å². The zero-order valence-corrected chi connectivity index (χ0v) is 13.7. The molecule has 8 nitrogen and oxygen atoms in total. The van der Waals surface area contributed by atoms with E-state index in [1.54, 1.807) is 17.8 Å². The zero-order valence-electron chi connectivity index (χ0n) is 13.7. The van der Waals surface area contributed by atoms with Crippen LogP contribution in [0.4, 0.5) is 5.95 Å². The van der Waals surface area contributed by atoms with E-state index in [1.165, 1.54) is 0 Å². The maximum absolute atomic E-state index is 12.2. The average Bonchev–Trinajstić information content (AvgIpc) is 3.30. The van der Waals surface area contributed by atoms with E-state index in [-0.39, 0.29) is 17.8 Å². The minimum atomic E-state index is -0.152. The number of amides is 1. The summed E-state index contributed by atoms with van der Waals surface area (Å²) in [7, 11) is 1.63. The molecular formula is C17H17N5O3. The fraction of sp³-hybridized carbons (Fsp3) is 0.294. The molecule has 1 unspecified atom stereocenters. The number of rotatable bonds is 4. The van der Waals surface area contributed by atoms with Gasteiger partial charge in [-0.2, -0.15) is 9.50 Å². The largest absolute Gasteiger partial charge is 0.497 e. The molecule has 1 aliphatic rings. The number of nitrogens with one attached hydrogen (secondary N) is 1. The first kappa shape index (κ1) is 15.5. The molecule has 1 atom stereocenters. The topological polar surface area (TPSA) is 90.6 Å². The van der Waals surface area contributed by atoms with E-state index >= 15 is 0 Å². The maximum atomic E-state index is 12.2. The van der Waals surface area contributed by atoms with Gasteiger partial charge in [0.25, 0.3) is 11.7 Å². The van der Waals surface area contributed by atoms with E-state index in [9.17, 15) is 4.79 Å². The molecule has 1 aliphatic heterocycles. The molecule has 0 aliphatic carbocycles. The first-order valence-corrected chi connectivity index (χ1v) is 7.99. The molecule has 1 amide bonds. The number of aromatic nitrogens is 4. The lowest BCUT2D eigenvalue weighted by Crippen LogP contribution is -2.23. The fourth-order valence-electron chi connectivity index (χ4n) is 2.78. The van der Waals surface area contributed by atoms with Crippen molar-refractivity contribution in [1.82, 2.24) is 19.6 Å². The molecule has 3 aromatic rings. The van der Waals surface area contributed by atoms with Crippen molar-refractivity contribution in [2.75, 3.05) is 25.6 Å². The summed E-state index contributed by atoms with van der Waals surface area (Å²) in [6.45, 7) is 1.05. The second-order valence-electron chi connectivity index (χ2n) is 5.76. The summed E-state index contributed by atoms with van der Waals surface area (Å²) in [5.74, 6) is 1.16. The highest BCUT2D eigenvalue weighted by Gasteiger charge is 2.24. The molecule has 0 radical (unpaired) electrons. The second kappa shape index (κ2) is 6.48. The van der Waals surface area contributed by atoms with Gasteiger partial charge in [0, 0.05) is 18.4 Å². The van der Waals surface area contributed by atoms with Crippen molar-refractivity contribution < 1.29 is 14.3 Å². The van der Waals surface area contributed by atoms with Crippen LogP contribution in [0.25, 0.3) is 17.0 Å². The predicted molar refractivity (Wildman–Crippen MR) is 90.3 cm³/mol. The molecule has 1 aromatic carbocycles. The third-order valence-electron chi connectivity index (χ3n) is 4.16. The third-order valence-corrected chi connectivity index (χ3v) is 4.16. The van der Waals surface area contributed by atoms with Crippen LogP contribution in [0.3, 0.4) is 0 Å².